The zero-order valence-corrected chi connectivity index (χ0v) is 16.0. The summed E-state index contributed by atoms with van der Waals surface area (Å²) in [6.07, 6.45) is 11.6. The van der Waals surface area contributed by atoms with E-state index in [1.165, 1.54) is 0 Å². The van der Waals surface area contributed by atoms with Gasteiger partial charge in [-0.05, 0) is 43.2 Å². The fraction of sp³-hybridized carbons (Fsp3) is 0.208. The molecular formula is C24H21N3O. The van der Waals surface area contributed by atoms with Crippen LogP contribution in [0.1, 0.15) is 49.6 Å². The zero-order chi connectivity index (χ0) is 19.5. The van der Waals surface area contributed by atoms with Crippen LogP contribution in [0.4, 0.5) is 0 Å². The number of allylic oxidation sites excluding steroid dienone is 4. The highest BCUT2D eigenvalue weighted by atomic mass is 16.1. The summed E-state index contributed by atoms with van der Waals surface area (Å²) in [4.78, 5) is 22.4. The SMILES string of the molecule is CC(C)c1nc2cccc(C#Cc3ccncc3)c2c(=O)n1C1=CCCC=C1. The maximum atomic E-state index is 13.6. The van der Waals surface area contributed by atoms with Crippen molar-refractivity contribution in [2.75, 3.05) is 0 Å². The predicted molar refractivity (Wildman–Crippen MR) is 113 cm³/mol. The van der Waals surface area contributed by atoms with Crippen LogP contribution in [0.3, 0.4) is 0 Å². The Morgan fingerprint density at radius 3 is 2.61 bits per heavy atom. The second-order valence-corrected chi connectivity index (χ2v) is 7.06. The van der Waals surface area contributed by atoms with Crippen molar-refractivity contribution in [3.63, 3.8) is 0 Å². The van der Waals surface area contributed by atoms with Crippen molar-refractivity contribution in [1.82, 2.24) is 14.5 Å². The minimum absolute atomic E-state index is 0.0638. The Kier molecular flexibility index (Phi) is 4.90. The Balaban J connectivity index is 1.97. The first kappa shape index (κ1) is 17.9. The molecule has 0 N–H and O–H groups in total. The summed E-state index contributed by atoms with van der Waals surface area (Å²) >= 11 is 0. The highest BCUT2D eigenvalue weighted by Gasteiger charge is 2.18. The van der Waals surface area contributed by atoms with E-state index >= 15 is 0 Å². The molecule has 1 aromatic carbocycles. The fourth-order valence-corrected chi connectivity index (χ4v) is 3.33. The molecule has 0 fully saturated rings. The van der Waals surface area contributed by atoms with Crippen molar-refractivity contribution >= 4 is 16.6 Å². The van der Waals surface area contributed by atoms with Crippen LogP contribution in [0.25, 0.3) is 16.6 Å². The zero-order valence-electron chi connectivity index (χ0n) is 16.0. The van der Waals surface area contributed by atoms with E-state index in [4.69, 9.17) is 4.98 Å². The van der Waals surface area contributed by atoms with E-state index in [1.54, 1.807) is 17.0 Å². The molecule has 3 aromatic rings. The van der Waals surface area contributed by atoms with Crippen LogP contribution in [0.5, 0.6) is 0 Å². The molecule has 0 aliphatic heterocycles. The Bertz CT molecular complexity index is 1210. The number of nitrogens with zero attached hydrogens (tertiary/aromatic N) is 3. The van der Waals surface area contributed by atoms with Crippen LogP contribution in [0.15, 0.2) is 65.7 Å². The average molecular weight is 367 g/mol. The summed E-state index contributed by atoms with van der Waals surface area (Å²) in [5, 5.41) is 0.563. The van der Waals surface area contributed by atoms with Crippen LogP contribution in [-0.2, 0) is 0 Å². The van der Waals surface area contributed by atoms with E-state index in [-0.39, 0.29) is 11.5 Å². The van der Waals surface area contributed by atoms with Crippen molar-refractivity contribution < 1.29 is 0 Å². The quantitative estimate of drug-likeness (QED) is 0.626. The van der Waals surface area contributed by atoms with E-state index < -0.39 is 0 Å². The lowest BCUT2D eigenvalue weighted by atomic mass is 10.1. The fourth-order valence-electron chi connectivity index (χ4n) is 3.33. The highest BCUT2D eigenvalue weighted by molar-refractivity contribution is 5.85. The third-order valence-corrected chi connectivity index (χ3v) is 4.70. The number of aromatic nitrogens is 3. The summed E-state index contributed by atoms with van der Waals surface area (Å²) in [5.41, 5.74) is 3.07. The molecule has 28 heavy (non-hydrogen) atoms. The molecule has 0 saturated heterocycles. The molecule has 2 aromatic heterocycles. The molecule has 0 unspecified atom stereocenters. The number of hydrogen-bond donors (Lipinski definition) is 0. The second kappa shape index (κ2) is 7.66. The maximum Gasteiger partial charge on any atom is 0.267 e. The van der Waals surface area contributed by atoms with Gasteiger partial charge < -0.3 is 0 Å². The smallest absolute Gasteiger partial charge is 0.267 e. The first-order valence-corrected chi connectivity index (χ1v) is 9.50. The lowest BCUT2D eigenvalue weighted by Crippen LogP contribution is -2.26. The molecule has 0 atom stereocenters. The molecule has 4 rings (SSSR count). The second-order valence-electron chi connectivity index (χ2n) is 7.06. The van der Waals surface area contributed by atoms with Crippen LogP contribution in [-0.4, -0.2) is 14.5 Å². The average Bonchev–Trinajstić information content (AvgIpc) is 2.73. The van der Waals surface area contributed by atoms with Crippen LogP contribution in [0.2, 0.25) is 0 Å². The topological polar surface area (TPSA) is 47.8 Å². The van der Waals surface area contributed by atoms with Gasteiger partial charge in [0.1, 0.15) is 5.82 Å². The minimum Gasteiger partial charge on any atom is -0.268 e. The van der Waals surface area contributed by atoms with Gasteiger partial charge in [0.2, 0.25) is 0 Å². The van der Waals surface area contributed by atoms with Crippen LogP contribution in [0, 0.1) is 11.8 Å². The van der Waals surface area contributed by atoms with E-state index in [0.29, 0.717) is 16.5 Å². The van der Waals surface area contributed by atoms with Gasteiger partial charge in [0, 0.05) is 35.1 Å². The van der Waals surface area contributed by atoms with Gasteiger partial charge >= 0.3 is 0 Å². The number of benzene rings is 1. The number of rotatable bonds is 2. The molecule has 0 amide bonds. The molecule has 0 radical (unpaired) electrons. The molecule has 4 heteroatoms. The van der Waals surface area contributed by atoms with Gasteiger partial charge in [0.25, 0.3) is 5.56 Å². The minimum atomic E-state index is -0.0638. The third kappa shape index (κ3) is 3.39. The largest absolute Gasteiger partial charge is 0.268 e. The van der Waals surface area contributed by atoms with E-state index in [9.17, 15) is 4.79 Å². The highest BCUT2D eigenvalue weighted by Crippen LogP contribution is 2.22. The van der Waals surface area contributed by atoms with Gasteiger partial charge in [-0.1, -0.05) is 43.9 Å². The molecule has 0 spiro atoms. The summed E-state index contributed by atoms with van der Waals surface area (Å²) in [6, 6.07) is 9.37. The van der Waals surface area contributed by atoms with Crippen molar-refractivity contribution in [3.8, 4) is 11.8 Å². The molecule has 1 aliphatic rings. The summed E-state index contributed by atoms with van der Waals surface area (Å²) in [6.45, 7) is 4.12. The van der Waals surface area contributed by atoms with Gasteiger partial charge in [-0.15, -0.1) is 0 Å². The number of pyridine rings is 1. The summed E-state index contributed by atoms with van der Waals surface area (Å²) < 4.78 is 1.75. The summed E-state index contributed by atoms with van der Waals surface area (Å²) in [7, 11) is 0. The lowest BCUT2D eigenvalue weighted by Gasteiger charge is -2.18. The van der Waals surface area contributed by atoms with Crippen LogP contribution < -0.4 is 5.56 Å². The summed E-state index contributed by atoms with van der Waals surface area (Å²) in [5.74, 6) is 7.17. The monoisotopic (exact) mass is 367 g/mol. The van der Waals surface area contributed by atoms with Gasteiger partial charge in [0.05, 0.1) is 10.9 Å². The maximum absolute atomic E-state index is 13.6. The Morgan fingerprint density at radius 2 is 1.89 bits per heavy atom. The molecule has 2 heterocycles. The first-order valence-electron chi connectivity index (χ1n) is 9.50. The van der Waals surface area contributed by atoms with Crippen molar-refractivity contribution in [1.29, 1.82) is 0 Å². The third-order valence-electron chi connectivity index (χ3n) is 4.70. The van der Waals surface area contributed by atoms with Gasteiger partial charge in [-0.25, -0.2) is 4.98 Å². The molecule has 0 saturated carbocycles. The molecular weight excluding hydrogens is 346 g/mol. The molecule has 4 nitrogen and oxygen atoms in total. The van der Waals surface area contributed by atoms with Crippen molar-refractivity contribution in [2.24, 2.45) is 0 Å². The van der Waals surface area contributed by atoms with Crippen LogP contribution >= 0.6 is 0 Å². The van der Waals surface area contributed by atoms with E-state index in [1.807, 2.05) is 36.4 Å². The normalized spacial score (nSPS) is 13.3. The predicted octanol–water partition coefficient (Wildman–Crippen LogP) is 4.51. The van der Waals surface area contributed by atoms with Gasteiger partial charge in [-0.2, -0.15) is 0 Å². The van der Waals surface area contributed by atoms with Crippen molar-refractivity contribution in [2.45, 2.75) is 32.6 Å². The van der Waals surface area contributed by atoms with E-state index in [2.05, 4.69) is 42.8 Å². The van der Waals surface area contributed by atoms with Gasteiger partial charge in [0.15, 0.2) is 0 Å². The van der Waals surface area contributed by atoms with Crippen molar-refractivity contribution in [3.05, 3.63) is 88.3 Å². The Labute approximate surface area is 164 Å². The Morgan fingerprint density at radius 1 is 1.07 bits per heavy atom. The standard InChI is InChI=1S/C24H21N3O/c1-17(2)23-26-21-10-6-7-19(12-11-18-13-15-25-16-14-18)22(21)24(28)27(23)20-8-4-3-5-9-20/h4,6-10,13-17H,3,5H2,1-2H3. The Hall–Kier alpha value is -3.45. The molecule has 1 aliphatic carbocycles. The number of hydrogen-bond acceptors (Lipinski definition) is 3. The van der Waals surface area contributed by atoms with E-state index in [0.717, 1.165) is 29.9 Å². The number of fused-ring (bicyclic) bond motifs is 1. The first-order chi connectivity index (χ1) is 13.6. The molecule has 138 valence electrons. The lowest BCUT2D eigenvalue weighted by molar-refractivity contribution is 0.729. The molecule has 0 bridgehead atoms. The van der Waals surface area contributed by atoms with Gasteiger partial charge in [-0.3, -0.25) is 14.3 Å².